The Balaban J connectivity index is 2.16. The predicted octanol–water partition coefficient (Wildman–Crippen LogP) is 3.05. The first-order valence-electron chi connectivity index (χ1n) is 7.14. The summed E-state index contributed by atoms with van der Waals surface area (Å²) in [4.78, 5) is 2.62. The molecule has 100 valence electrons. The van der Waals surface area contributed by atoms with Gasteiger partial charge in [-0.05, 0) is 23.8 Å². The molecule has 1 aromatic rings. The third-order valence-electron chi connectivity index (χ3n) is 4.17. The third kappa shape index (κ3) is 2.93. The molecule has 0 aliphatic carbocycles. The summed E-state index contributed by atoms with van der Waals surface area (Å²) in [6.07, 6.45) is 1.12. The smallest absolute Gasteiger partial charge is 0.0371 e. The van der Waals surface area contributed by atoms with Gasteiger partial charge in [-0.25, -0.2) is 0 Å². The second kappa shape index (κ2) is 5.85. The van der Waals surface area contributed by atoms with Crippen molar-refractivity contribution >= 4 is 0 Å². The Morgan fingerprint density at radius 2 is 1.89 bits per heavy atom. The van der Waals surface area contributed by atoms with Crippen molar-refractivity contribution in [3.05, 3.63) is 35.9 Å². The first kappa shape index (κ1) is 13.6. The van der Waals surface area contributed by atoms with E-state index in [9.17, 15) is 0 Å². The quantitative estimate of drug-likeness (QED) is 0.888. The molecule has 0 aromatic heterocycles. The number of rotatable bonds is 3. The zero-order valence-electron chi connectivity index (χ0n) is 11.8. The number of benzene rings is 1. The lowest BCUT2D eigenvalue weighted by Gasteiger charge is -2.42. The van der Waals surface area contributed by atoms with E-state index in [1.165, 1.54) is 5.56 Å². The molecular formula is C16H26N2. The molecule has 1 heterocycles. The average Bonchev–Trinajstić information content (AvgIpc) is 2.35. The molecule has 1 fully saturated rings. The van der Waals surface area contributed by atoms with Crippen molar-refractivity contribution in [2.45, 2.75) is 39.3 Å². The van der Waals surface area contributed by atoms with Gasteiger partial charge in [0.15, 0.2) is 0 Å². The number of likely N-dealkylation sites (tertiary alicyclic amines) is 1. The standard InChI is InChI=1S/C16H26N2/c1-12(2)16(14-7-5-4-6-8-14)18-10-9-15(17)13(3)11-18/h4-8,12-13,15-16H,9-11,17H2,1-3H3. The lowest BCUT2D eigenvalue weighted by Crippen LogP contribution is -2.48. The minimum Gasteiger partial charge on any atom is -0.327 e. The average molecular weight is 246 g/mol. The van der Waals surface area contributed by atoms with Crippen molar-refractivity contribution in [3.8, 4) is 0 Å². The second-order valence-electron chi connectivity index (χ2n) is 6.02. The molecule has 3 unspecified atom stereocenters. The van der Waals surface area contributed by atoms with Gasteiger partial charge in [0, 0.05) is 25.2 Å². The topological polar surface area (TPSA) is 29.3 Å². The fraction of sp³-hybridized carbons (Fsp3) is 0.625. The van der Waals surface area contributed by atoms with Gasteiger partial charge in [0.1, 0.15) is 0 Å². The first-order chi connectivity index (χ1) is 8.59. The van der Waals surface area contributed by atoms with Crippen LogP contribution in [0.4, 0.5) is 0 Å². The number of nitrogens with two attached hydrogens (primary N) is 1. The Kier molecular flexibility index (Phi) is 4.41. The number of piperidine rings is 1. The van der Waals surface area contributed by atoms with Gasteiger partial charge >= 0.3 is 0 Å². The van der Waals surface area contributed by atoms with Crippen LogP contribution in [0.3, 0.4) is 0 Å². The predicted molar refractivity (Wildman–Crippen MR) is 77.4 cm³/mol. The van der Waals surface area contributed by atoms with E-state index in [-0.39, 0.29) is 0 Å². The van der Waals surface area contributed by atoms with Crippen LogP contribution < -0.4 is 5.73 Å². The maximum atomic E-state index is 6.13. The molecule has 1 aliphatic heterocycles. The molecule has 1 saturated heterocycles. The highest BCUT2D eigenvalue weighted by Gasteiger charge is 2.30. The molecule has 0 saturated carbocycles. The highest BCUT2D eigenvalue weighted by Crippen LogP contribution is 2.31. The maximum Gasteiger partial charge on any atom is 0.0371 e. The molecule has 1 aromatic carbocycles. The van der Waals surface area contributed by atoms with Crippen molar-refractivity contribution in [3.63, 3.8) is 0 Å². The monoisotopic (exact) mass is 246 g/mol. The van der Waals surface area contributed by atoms with Crippen LogP contribution in [0.15, 0.2) is 30.3 Å². The Hall–Kier alpha value is -0.860. The first-order valence-corrected chi connectivity index (χ1v) is 7.14. The Morgan fingerprint density at radius 3 is 2.44 bits per heavy atom. The van der Waals surface area contributed by atoms with E-state index in [0.29, 0.717) is 23.9 Å². The molecule has 0 spiro atoms. The summed E-state index contributed by atoms with van der Waals surface area (Å²) < 4.78 is 0. The molecule has 1 aliphatic rings. The number of hydrogen-bond acceptors (Lipinski definition) is 2. The van der Waals surface area contributed by atoms with Crippen LogP contribution in [0.5, 0.6) is 0 Å². The molecule has 3 atom stereocenters. The third-order valence-corrected chi connectivity index (χ3v) is 4.17. The van der Waals surface area contributed by atoms with Gasteiger partial charge in [-0.3, -0.25) is 4.90 Å². The summed E-state index contributed by atoms with van der Waals surface area (Å²) in [5.74, 6) is 1.23. The minimum absolute atomic E-state index is 0.379. The number of nitrogens with zero attached hydrogens (tertiary/aromatic N) is 1. The van der Waals surface area contributed by atoms with Gasteiger partial charge in [-0.15, -0.1) is 0 Å². The second-order valence-corrected chi connectivity index (χ2v) is 6.02. The van der Waals surface area contributed by atoms with E-state index in [2.05, 4.69) is 56.0 Å². The molecule has 2 rings (SSSR count). The lowest BCUT2D eigenvalue weighted by molar-refractivity contribution is 0.0899. The molecule has 0 amide bonds. The summed E-state index contributed by atoms with van der Waals surface area (Å²) in [5.41, 5.74) is 7.57. The van der Waals surface area contributed by atoms with E-state index >= 15 is 0 Å². The molecule has 0 radical (unpaired) electrons. The van der Waals surface area contributed by atoms with Crippen molar-refractivity contribution in [2.75, 3.05) is 13.1 Å². The van der Waals surface area contributed by atoms with Gasteiger partial charge < -0.3 is 5.73 Å². The fourth-order valence-corrected chi connectivity index (χ4v) is 3.12. The van der Waals surface area contributed by atoms with Crippen molar-refractivity contribution in [1.29, 1.82) is 0 Å². The van der Waals surface area contributed by atoms with Crippen LogP contribution in [-0.4, -0.2) is 24.0 Å². The summed E-state index contributed by atoms with van der Waals surface area (Å²) >= 11 is 0. The summed E-state index contributed by atoms with van der Waals surface area (Å²) in [7, 11) is 0. The van der Waals surface area contributed by atoms with E-state index in [0.717, 1.165) is 19.5 Å². The summed E-state index contributed by atoms with van der Waals surface area (Å²) in [5, 5.41) is 0. The van der Waals surface area contributed by atoms with Crippen LogP contribution in [0.25, 0.3) is 0 Å². The van der Waals surface area contributed by atoms with Crippen molar-refractivity contribution < 1.29 is 0 Å². The Labute approximate surface area is 111 Å². The van der Waals surface area contributed by atoms with Crippen LogP contribution in [-0.2, 0) is 0 Å². The van der Waals surface area contributed by atoms with Crippen LogP contribution >= 0.6 is 0 Å². The highest BCUT2D eigenvalue weighted by molar-refractivity contribution is 5.20. The van der Waals surface area contributed by atoms with Gasteiger partial charge in [-0.1, -0.05) is 51.1 Å². The fourth-order valence-electron chi connectivity index (χ4n) is 3.12. The Morgan fingerprint density at radius 1 is 1.22 bits per heavy atom. The molecule has 2 N–H and O–H groups in total. The molecule has 0 bridgehead atoms. The zero-order chi connectivity index (χ0) is 13.1. The minimum atomic E-state index is 0.379. The van der Waals surface area contributed by atoms with Crippen molar-refractivity contribution in [1.82, 2.24) is 4.90 Å². The van der Waals surface area contributed by atoms with Crippen molar-refractivity contribution in [2.24, 2.45) is 17.6 Å². The highest BCUT2D eigenvalue weighted by atomic mass is 15.2. The van der Waals surface area contributed by atoms with Crippen LogP contribution in [0.1, 0.15) is 38.8 Å². The zero-order valence-corrected chi connectivity index (χ0v) is 11.8. The van der Waals surface area contributed by atoms with Gasteiger partial charge in [-0.2, -0.15) is 0 Å². The van der Waals surface area contributed by atoms with Gasteiger partial charge in [0.2, 0.25) is 0 Å². The van der Waals surface area contributed by atoms with Gasteiger partial charge in [0.25, 0.3) is 0 Å². The largest absolute Gasteiger partial charge is 0.327 e. The Bertz CT molecular complexity index is 361. The molecule has 18 heavy (non-hydrogen) atoms. The van der Waals surface area contributed by atoms with Crippen LogP contribution in [0, 0.1) is 11.8 Å². The SMILES string of the molecule is CC(C)C(c1ccccc1)N1CCC(N)C(C)C1. The van der Waals surface area contributed by atoms with Crippen LogP contribution in [0.2, 0.25) is 0 Å². The van der Waals surface area contributed by atoms with E-state index in [1.54, 1.807) is 0 Å². The molecular weight excluding hydrogens is 220 g/mol. The molecule has 2 nitrogen and oxygen atoms in total. The summed E-state index contributed by atoms with van der Waals surface area (Å²) in [6, 6.07) is 11.8. The van der Waals surface area contributed by atoms with E-state index in [1.807, 2.05) is 0 Å². The van der Waals surface area contributed by atoms with E-state index in [4.69, 9.17) is 5.73 Å². The normalized spacial score (nSPS) is 27.4. The lowest BCUT2D eigenvalue weighted by atomic mass is 9.88. The van der Waals surface area contributed by atoms with Gasteiger partial charge in [0.05, 0.1) is 0 Å². The summed E-state index contributed by atoms with van der Waals surface area (Å²) in [6.45, 7) is 9.16. The molecule has 2 heteroatoms. The van der Waals surface area contributed by atoms with E-state index < -0.39 is 0 Å². The maximum absolute atomic E-state index is 6.13. The number of hydrogen-bond donors (Lipinski definition) is 1.